The quantitative estimate of drug-likeness (QED) is 0.630. The Morgan fingerprint density at radius 3 is 2.67 bits per heavy atom. The molecule has 0 aliphatic heterocycles. The smallest absolute Gasteiger partial charge is 0.423 e. The second-order valence-corrected chi connectivity index (χ2v) is 2.79. The van der Waals surface area contributed by atoms with Crippen LogP contribution in [-0.4, -0.2) is 17.1 Å². The SMILES string of the molecule is O=C(O)NNC(=O)Cc1cccc(F)c1. The molecular formula is C9H9FN2O3. The molecule has 0 spiro atoms. The molecule has 5 nitrogen and oxygen atoms in total. The van der Waals surface area contributed by atoms with Gasteiger partial charge in [-0.3, -0.25) is 10.2 Å². The van der Waals surface area contributed by atoms with Crippen LogP contribution in [0.2, 0.25) is 0 Å². The summed E-state index contributed by atoms with van der Waals surface area (Å²) in [6.45, 7) is 0. The predicted molar refractivity (Wildman–Crippen MR) is 49.4 cm³/mol. The summed E-state index contributed by atoms with van der Waals surface area (Å²) in [6, 6.07) is 5.52. The summed E-state index contributed by atoms with van der Waals surface area (Å²) in [5, 5.41) is 8.19. The largest absolute Gasteiger partial charge is 0.464 e. The molecular weight excluding hydrogens is 203 g/mol. The second-order valence-electron chi connectivity index (χ2n) is 2.79. The van der Waals surface area contributed by atoms with Crippen molar-refractivity contribution in [1.82, 2.24) is 10.9 Å². The van der Waals surface area contributed by atoms with E-state index >= 15 is 0 Å². The number of nitrogens with one attached hydrogen (secondary N) is 2. The molecule has 15 heavy (non-hydrogen) atoms. The summed E-state index contributed by atoms with van der Waals surface area (Å²) in [5.41, 5.74) is 4.11. The normalized spacial score (nSPS) is 9.40. The fourth-order valence-electron chi connectivity index (χ4n) is 1.000. The van der Waals surface area contributed by atoms with E-state index in [9.17, 15) is 14.0 Å². The minimum atomic E-state index is -1.36. The molecule has 2 amide bonds. The van der Waals surface area contributed by atoms with Gasteiger partial charge in [0, 0.05) is 0 Å². The topological polar surface area (TPSA) is 78.4 Å². The van der Waals surface area contributed by atoms with E-state index in [0.717, 1.165) is 0 Å². The lowest BCUT2D eigenvalue weighted by atomic mass is 10.1. The van der Waals surface area contributed by atoms with E-state index < -0.39 is 17.8 Å². The molecule has 0 fully saturated rings. The van der Waals surface area contributed by atoms with E-state index in [1.807, 2.05) is 5.43 Å². The molecule has 0 saturated carbocycles. The first-order valence-electron chi connectivity index (χ1n) is 4.10. The Morgan fingerprint density at radius 1 is 1.33 bits per heavy atom. The molecule has 6 heteroatoms. The van der Waals surface area contributed by atoms with Crippen LogP contribution in [0.4, 0.5) is 9.18 Å². The van der Waals surface area contributed by atoms with Crippen LogP contribution in [0.15, 0.2) is 24.3 Å². The molecule has 0 aliphatic carbocycles. The minimum Gasteiger partial charge on any atom is -0.464 e. The van der Waals surface area contributed by atoms with E-state index in [1.165, 1.54) is 18.2 Å². The van der Waals surface area contributed by atoms with Crippen LogP contribution < -0.4 is 10.9 Å². The Labute approximate surface area is 84.9 Å². The molecule has 0 saturated heterocycles. The zero-order chi connectivity index (χ0) is 11.3. The van der Waals surface area contributed by atoms with Crippen LogP contribution in [0.5, 0.6) is 0 Å². The number of carbonyl (C=O) groups is 2. The molecule has 1 rings (SSSR count). The number of hydrazine groups is 1. The highest BCUT2D eigenvalue weighted by Gasteiger charge is 2.04. The molecule has 0 unspecified atom stereocenters. The molecule has 0 aliphatic rings. The third-order valence-corrected chi connectivity index (χ3v) is 1.56. The second kappa shape index (κ2) is 4.94. The van der Waals surface area contributed by atoms with Gasteiger partial charge in [-0.05, 0) is 17.7 Å². The predicted octanol–water partition coefficient (Wildman–Crippen LogP) is 0.667. The van der Waals surface area contributed by atoms with Gasteiger partial charge >= 0.3 is 6.09 Å². The highest BCUT2D eigenvalue weighted by Crippen LogP contribution is 2.03. The highest BCUT2D eigenvalue weighted by atomic mass is 19.1. The van der Waals surface area contributed by atoms with Crippen LogP contribution in [-0.2, 0) is 11.2 Å². The zero-order valence-corrected chi connectivity index (χ0v) is 7.66. The maximum absolute atomic E-state index is 12.7. The van der Waals surface area contributed by atoms with Crippen molar-refractivity contribution in [3.05, 3.63) is 35.6 Å². The Hall–Kier alpha value is -2.11. The van der Waals surface area contributed by atoms with Gasteiger partial charge < -0.3 is 5.11 Å². The Morgan fingerprint density at radius 2 is 2.07 bits per heavy atom. The standard InChI is InChI=1S/C9H9FN2O3/c10-7-3-1-2-6(4-7)5-8(13)11-12-9(14)15/h1-4,12H,5H2,(H,11,13)(H,14,15). The van der Waals surface area contributed by atoms with Crippen molar-refractivity contribution in [2.45, 2.75) is 6.42 Å². The van der Waals surface area contributed by atoms with Crippen molar-refractivity contribution in [3.63, 3.8) is 0 Å². The lowest BCUT2D eigenvalue weighted by Crippen LogP contribution is -2.41. The number of benzene rings is 1. The zero-order valence-electron chi connectivity index (χ0n) is 7.66. The molecule has 0 bridgehead atoms. The van der Waals surface area contributed by atoms with E-state index in [2.05, 4.69) is 0 Å². The molecule has 0 radical (unpaired) electrons. The number of rotatable bonds is 2. The first kappa shape index (κ1) is 11.0. The van der Waals surface area contributed by atoms with E-state index in [4.69, 9.17) is 5.11 Å². The first-order chi connectivity index (χ1) is 7.08. The lowest BCUT2D eigenvalue weighted by Gasteiger charge is -2.03. The fourth-order valence-corrected chi connectivity index (χ4v) is 1.000. The number of carbonyl (C=O) groups excluding carboxylic acids is 1. The lowest BCUT2D eigenvalue weighted by molar-refractivity contribution is -0.121. The van der Waals surface area contributed by atoms with Crippen LogP contribution in [0.1, 0.15) is 5.56 Å². The Kier molecular flexibility index (Phi) is 3.61. The van der Waals surface area contributed by atoms with Gasteiger partial charge in [-0.2, -0.15) is 0 Å². The van der Waals surface area contributed by atoms with Gasteiger partial charge in [0.15, 0.2) is 0 Å². The van der Waals surface area contributed by atoms with Crippen molar-refractivity contribution in [3.8, 4) is 0 Å². The van der Waals surface area contributed by atoms with Crippen molar-refractivity contribution in [2.75, 3.05) is 0 Å². The third-order valence-electron chi connectivity index (χ3n) is 1.56. The molecule has 1 aromatic rings. The molecule has 1 aromatic carbocycles. The number of amides is 2. The van der Waals surface area contributed by atoms with Gasteiger partial charge in [-0.1, -0.05) is 12.1 Å². The average Bonchev–Trinajstić information content (AvgIpc) is 2.15. The van der Waals surface area contributed by atoms with Crippen molar-refractivity contribution >= 4 is 12.0 Å². The van der Waals surface area contributed by atoms with Crippen LogP contribution in [0.3, 0.4) is 0 Å². The Balaban J connectivity index is 2.48. The Bertz CT molecular complexity index is 381. The maximum atomic E-state index is 12.7. The van der Waals surface area contributed by atoms with Gasteiger partial charge in [-0.15, -0.1) is 0 Å². The molecule has 0 heterocycles. The van der Waals surface area contributed by atoms with Gasteiger partial charge in [-0.25, -0.2) is 14.6 Å². The van der Waals surface area contributed by atoms with Crippen LogP contribution in [0, 0.1) is 5.82 Å². The summed E-state index contributed by atoms with van der Waals surface area (Å²) in [4.78, 5) is 21.1. The van der Waals surface area contributed by atoms with Crippen LogP contribution in [0.25, 0.3) is 0 Å². The van der Waals surface area contributed by atoms with E-state index in [0.29, 0.717) is 5.56 Å². The number of carboxylic acid groups (broad SMARTS) is 1. The summed E-state index contributed by atoms with van der Waals surface area (Å²) in [6.07, 6.45) is -1.44. The van der Waals surface area contributed by atoms with Gasteiger partial charge in [0.2, 0.25) is 5.91 Å². The monoisotopic (exact) mass is 212 g/mol. The molecule has 0 aromatic heterocycles. The van der Waals surface area contributed by atoms with Crippen molar-refractivity contribution in [2.24, 2.45) is 0 Å². The van der Waals surface area contributed by atoms with Crippen molar-refractivity contribution in [1.29, 1.82) is 0 Å². The molecule has 3 N–H and O–H groups in total. The average molecular weight is 212 g/mol. The van der Waals surface area contributed by atoms with Crippen LogP contribution >= 0.6 is 0 Å². The van der Waals surface area contributed by atoms with E-state index in [-0.39, 0.29) is 6.42 Å². The summed E-state index contributed by atoms with van der Waals surface area (Å²) < 4.78 is 12.7. The minimum absolute atomic E-state index is 0.0853. The fraction of sp³-hybridized carbons (Fsp3) is 0.111. The summed E-state index contributed by atoms with van der Waals surface area (Å²) in [5.74, 6) is -0.991. The molecule has 0 atom stereocenters. The summed E-state index contributed by atoms with van der Waals surface area (Å²) >= 11 is 0. The van der Waals surface area contributed by atoms with Gasteiger partial charge in [0.05, 0.1) is 6.42 Å². The highest BCUT2D eigenvalue weighted by molar-refractivity contribution is 5.80. The number of hydrogen-bond donors (Lipinski definition) is 3. The number of hydrogen-bond acceptors (Lipinski definition) is 2. The molecule has 80 valence electrons. The van der Waals surface area contributed by atoms with Gasteiger partial charge in [0.1, 0.15) is 5.82 Å². The van der Waals surface area contributed by atoms with E-state index in [1.54, 1.807) is 11.5 Å². The maximum Gasteiger partial charge on any atom is 0.423 e. The first-order valence-corrected chi connectivity index (χ1v) is 4.10. The van der Waals surface area contributed by atoms with Crippen molar-refractivity contribution < 1.29 is 19.1 Å². The summed E-state index contributed by atoms with van der Waals surface area (Å²) in [7, 11) is 0. The number of halogens is 1. The third kappa shape index (κ3) is 4.08. The van der Waals surface area contributed by atoms with Gasteiger partial charge in [0.25, 0.3) is 0 Å².